The van der Waals surface area contributed by atoms with Gasteiger partial charge in [-0.25, -0.2) is 23.3 Å². The fraction of sp³-hybridized carbons (Fsp3) is 0.341. The van der Waals surface area contributed by atoms with E-state index in [1.165, 1.54) is 34.4 Å². The van der Waals surface area contributed by atoms with Gasteiger partial charge in [0.2, 0.25) is 16.7 Å². The predicted octanol–water partition coefficient (Wildman–Crippen LogP) is 4.79. The summed E-state index contributed by atoms with van der Waals surface area (Å²) < 4.78 is 42.0. The third-order valence-electron chi connectivity index (χ3n) is 9.34. The van der Waals surface area contributed by atoms with Crippen molar-refractivity contribution in [1.29, 1.82) is 5.26 Å². The fourth-order valence-electron chi connectivity index (χ4n) is 6.44. The monoisotopic (exact) mass is 973 g/mol. The van der Waals surface area contributed by atoms with E-state index in [2.05, 4.69) is 30.0 Å². The van der Waals surface area contributed by atoms with Crippen molar-refractivity contribution in [3.63, 3.8) is 0 Å². The number of β-lactam (4-membered cyclic amide) rings is 1. The highest BCUT2D eigenvalue weighted by Crippen LogP contribution is 2.41. The van der Waals surface area contributed by atoms with Crippen LogP contribution in [0.5, 0.6) is 5.75 Å². The van der Waals surface area contributed by atoms with Gasteiger partial charge in [0, 0.05) is 52.8 Å². The molecule has 68 heavy (non-hydrogen) atoms. The number of nitrogens with one attached hydrogen (secondary N) is 3. The van der Waals surface area contributed by atoms with Gasteiger partial charge in [0.05, 0.1) is 12.8 Å². The van der Waals surface area contributed by atoms with Crippen LogP contribution < -0.4 is 25.3 Å². The van der Waals surface area contributed by atoms with Crippen LogP contribution in [0.1, 0.15) is 58.6 Å². The van der Waals surface area contributed by atoms with Crippen LogP contribution in [-0.2, 0) is 51.4 Å². The summed E-state index contributed by atoms with van der Waals surface area (Å²) >= 11 is 1.96. The molecule has 4 amide bonds. The lowest BCUT2D eigenvalue weighted by Crippen LogP contribution is -2.71. The molecule has 0 saturated carbocycles. The average Bonchev–Trinajstić information content (AvgIpc) is 3.93. The molecule has 3 N–H and O–H groups in total. The number of methoxy groups -OCH3 is 1. The Morgan fingerprint density at radius 2 is 1.74 bits per heavy atom. The molecule has 24 heteroatoms. The number of ether oxygens (including phenoxy) is 4. The molecule has 1 saturated heterocycles. The highest BCUT2D eigenvalue weighted by molar-refractivity contribution is 8.00. The van der Waals surface area contributed by atoms with Crippen molar-refractivity contribution in [1.82, 2.24) is 29.5 Å². The number of halogens is 1. The molecule has 0 aliphatic carbocycles. The van der Waals surface area contributed by atoms with Crippen LogP contribution in [0.25, 0.3) is 17.2 Å². The van der Waals surface area contributed by atoms with Crippen LogP contribution in [0.4, 0.5) is 19.1 Å². The summed E-state index contributed by atoms with van der Waals surface area (Å²) in [6.07, 6.45) is 7.54. The number of nitriles is 1. The van der Waals surface area contributed by atoms with Gasteiger partial charge in [0.1, 0.15) is 40.7 Å². The quantitative estimate of drug-likeness (QED) is 0.0167. The summed E-state index contributed by atoms with van der Waals surface area (Å²) in [6, 6.07) is 10.9. The smallest absolute Gasteiger partial charge is 0.418 e. The number of oxime groups is 1. The number of hydrogen-bond donors (Lipinski definition) is 3. The third-order valence-corrected chi connectivity index (χ3v) is 11.3. The lowest BCUT2D eigenvalue weighted by atomic mass is 10.0. The van der Waals surface area contributed by atoms with Crippen LogP contribution >= 0.6 is 23.3 Å². The Balaban J connectivity index is 1.24. The third kappa shape index (κ3) is 12.6. The first-order valence-corrected chi connectivity index (χ1v) is 22.3. The maximum atomic E-state index is 14.1. The maximum Gasteiger partial charge on any atom is 0.418 e. The van der Waals surface area contributed by atoms with Crippen LogP contribution in [0.2, 0.25) is 0 Å². The SMILES string of the molecule is COc1ccc(COC(=O)C2=C(C[n+]3ccc(-c4cc(C=CC(=O)NC#N)n(C(=O)OC(C)(C)C)c4)cc3)CSC3C(NC(=O)C(=NOCF)c4nsc(NC(=O)OC(C)(C)C)n4)C(=O)N23)cc1. The molecule has 1 aromatic carbocycles. The van der Waals surface area contributed by atoms with E-state index in [1.54, 1.807) is 113 Å². The van der Waals surface area contributed by atoms with E-state index in [0.29, 0.717) is 45.2 Å². The number of thioether (sulfide) groups is 1. The minimum absolute atomic E-state index is 0.0191. The topological polar surface area (TPSA) is 259 Å². The summed E-state index contributed by atoms with van der Waals surface area (Å²) in [4.78, 5) is 89.1. The average molecular weight is 974 g/mol. The van der Waals surface area contributed by atoms with Crippen LogP contribution in [0.3, 0.4) is 0 Å². The van der Waals surface area contributed by atoms with E-state index in [9.17, 15) is 33.2 Å². The molecule has 5 heterocycles. The number of benzene rings is 1. The molecule has 356 valence electrons. The van der Waals surface area contributed by atoms with E-state index in [-0.39, 0.29) is 35.6 Å². The first-order chi connectivity index (χ1) is 32.3. The Bertz CT molecular complexity index is 2720. The number of alkyl halides is 1. The number of amides is 4. The Morgan fingerprint density at radius 1 is 1.03 bits per heavy atom. The zero-order valence-electron chi connectivity index (χ0n) is 37.7. The van der Waals surface area contributed by atoms with Gasteiger partial charge in [0.15, 0.2) is 25.1 Å². The Morgan fingerprint density at radius 3 is 2.38 bits per heavy atom. The Kier molecular flexibility index (Phi) is 15.6. The lowest BCUT2D eigenvalue weighted by molar-refractivity contribution is -0.689. The first kappa shape index (κ1) is 49.8. The number of anilines is 1. The van der Waals surface area contributed by atoms with Crippen molar-refractivity contribution in [3.05, 3.63) is 95.5 Å². The number of hydrogen-bond acceptors (Lipinski definition) is 17. The number of aromatic nitrogens is 4. The lowest BCUT2D eigenvalue weighted by Gasteiger charge is -2.49. The largest absolute Gasteiger partial charge is 0.497 e. The number of nitrogens with zero attached hydrogens (tertiary/aromatic N) is 7. The second-order valence-electron chi connectivity index (χ2n) is 16.7. The number of esters is 1. The zero-order valence-corrected chi connectivity index (χ0v) is 39.4. The molecule has 1 fully saturated rings. The van der Waals surface area contributed by atoms with Gasteiger partial charge < -0.3 is 29.1 Å². The molecule has 4 aromatic rings. The molecule has 2 unspecified atom stereocenters. The molecule has 0 spiro atoms. The number of fused-ring (bicyclic) bond motifs is 1. The summed E-state index contributed by atoms with van der Waals surface area (Å²) in [5.74, 6) is -2.64. The van der Waals surface area contributed by atoms with Crippen molar-refractivity contribution >= 4 is 76.1 Å². The molecular weight excluding hydrogens is 928 g/mol. The van der Waals surface area contributed by atoms with E-state index >= 15 is 0 Å². The van der Waals surface area contributed by atoms with Gasteiger partial charge in [-0.05, 0) is 76.9 Å². The highest BCUT2D eigenvalue weighted by Gasteiger charge is 2.55. The van der Waals surface area contributed by atoms with E-state index in [0.717, 1.165) is 6.08 Å². The van der Waals surface area contributed by atoms with E-state index in [1.807, 2.05) is 5.32 Å². The summed E-state index contributed by atoms with van der Waals surface area (Å²) in [7, 11) is 1.52. The molecule has 0 bridgehead atoms. The Hall–Kier alpha value is -7.65. The molecule has 2 aliphatic rings. The standard InChI is InChI=1S/C44H45FN10O11S2/c1-43(2,3)65-41(60)50-40-49-35(52-68-40)32(51-64-23-45)36(57)48-33-37(58)55-34(39(59)63-21-25-8-11-30(62-7)12-9-25)28(22-67-38(33)55)19-53-16-14-26(15-17-53)27-18-29(10-13-31(56)47-24-46)54(20-27)42(61)66-44(4,5)6/h8-18,20,33,38H,19,21-23H2,1-7H3,(H2-,47,48,49,50,52,56,57,60)/p+1. The highest BCUT2D eigenvalue weighted by atomic mass is 32.2. The second kappa shape index (κ2) is 21.3. The molecule has 2 atom stereocenters. The molecular formula is C44H46FN10O11S2+. The van der Waals surface area contributed by atoms with E-state index in [4.69, 9.17) is 24.2 Å². The number of carbonyl (C=O) groups is 6. The van der Waals surface area contributed by atoms with E-state index < -0.39 is 71.1 Å². The molecule has 2 aliphatic heterocycles. The predicted molar refractivity (Wildman–Crippen MR) is 243 cm³/mol. The zero-order chi connectivity index (χ0) is 49.3. The van der Waals surface area contributed by atoms with Crippen LogP contribution in [0, 0.1) is 11.5 Å². The number of pyridine rings is 1. The van der Waals surface area contributed by atoms with Crippen LogP contribution in [0.15, 0.2) is 83.6 Å². The van der Waals surface area contributed by atoms with Crippen molar-refractivity contribution < 1.29 is 61.5 Å². The molecule has 21 nitrogen and oxygen atoms in total. The van der Waals surface area contributed by atoms with Crippen LogP contribution in [-0.4, -0.2) is 103 Å². The maximum absolute atomic E-state index is 14.1. The van der Waals surface area contributed by atoms with Gasteiger partial charge in [-0.15, -0.1) is 11.8 Å². The summed E-state index contributed by atoms with van der Waals surface area (Å²) in [6.45, 7) is 8.74. The van der Waals surface area contributed by atoms with Gasteiger partial charge in [-0.2, -0.15) is 14.6 Å². The van der Waals surface area contributed by atoms with Crippen molar-refractivity contribution in [2.45, 2.75) is 77.3 Å². The second-order valence-corrected chi connectivity index (χ2v) is 18.5. The van der Waals surface area contributed by atoms with Crippen molar-refractivity contribution in [2.24, 2.45) is 5.16 Å². The molecule has 6 rings (SSSR count). The van der Waals surface area contributed by atoms with Crippen molar-refractivity contribution in [2.75, 3.05) is 25.0 Å². The van der Waals surface area contributed by atoms with Gasteiger partial charge in [0.25, 0.3) is 24.6 Å². The van der Waals surface area contributed by atoms with Crippen molar-refractivity contribution in [3.8, 4) is 23.1 Å². The normalized spacial score (nSPS) is 16.0. The van der Waals surface area contributed by atoms with Gasteiger partial charge in [-0.3, -0.25) is 34.5 Å². The Labute approximate surface area is 397 Å². The number of rotatable bonds is 15. The van der Waals surface area contributed by atoms with Gasteiger partial charge in [-0.1, -0.05) is 17.3 Å². The fourth-order valence-corrected chi connectivity index (χ4v) is 8.34. The summed E-state index contributed by atoms with van der Waals surface area (Å²) in [5, 5.41) is 18.5. The summed E-state index contributed by atoms with van der Waals surface area (Å²) in [5.41, 5.74) is 0.507. The minimum atomic E-state index is -1.40. The minimum Gasteiger partial charge on any atom is -0.497 e. The molecule has 0 radical (unpaired) electrons. The molecule has 3 aromatic heterocycles. The first-order valence-electron chi connectivity index (χ1n) is 20.5. The van der Waals surface area contributed by atoms with Gasteiger partial charge >= 0.3 is 18.2 Å². The number of carbonyl (C=O) groups excluding carboxylic acids is 6.